The van der Waals surface area contributed by atoms with Crippen molar-refractivity contribution in [1.82, 2.24) is 4.90 Å². The van der Waals surface area contributed by atoms with E-state index in [0.717, 1.165) is 6.07 Å². The number of alkyl halides is 9. The highest BCUT2D eigenvalue weighted by molar-refractivity contribution is 5.82. The van der Waals surface area contributed by atoms with E-state index in [9.17, 15) is 44.3 Å². The van der Waals surface area contributed by atoms with Crippen molar-refractivity contribution in [3.63, 3.8) is 0 Å². The zero-order valence-electron chi connectivity index (χ0n) is 27.3. The molecule has 13 heteroatoms. The highest BCUT2D eigenvalue weighted by atomic mass is 19.4. The molecule has 1 fully saturated rings. The lowest BCUT2D eigenvalue weighted by Crippen LogP contribution is -2.35. The molecule has 0 unspecified atom stereocenters. The molecule has 1 saturated heterocycles. The fourth-order valence-electron chi connectivity index (χ4n) is 6.71. The maximum Gasteiger partial charge on any atom is 0.417 e. The Morgan fingerprint density at radius 3 is 2.02 bits per heavy atom. The molecule has 0 spiro atoms. The monoisotopic (exact) mass is 699 g/mol. The zero-order chi connectivity index (χ0) is 36.3. The summed E-state index contributed by atoms with van der Waals surface area (Å²) in [7, 11) is 1.26. The number of cyclic esters (lactones) is 1. The number of hydrogen-bond donors (Lipinski definition) is 0. The molecule has 0 radical (unpaired) electrons. The van der Waals surface area contributed by atoms with Crippen molar-refractivity contribution in [2.45, 2.75) is 77.6 Å². The van der Waals surface area contributed by atoms with Gasteiger partial charge in [0.2, 0.25) is 0 Å². The smallest absolute Gasteiger partial charge is 0.417 e. The first-order valence-corrected chi connectivity index (χ1v) is 15.4. The van der Waals surface area contributed by atoms with Crippen LogP contribution in [0.1, 0.15) is 79.5 Å². The Morgan fingerprint density at radius 1 is 0.857 bits per heavy atom. The summed E-state index contributed by atoms with van der Waals surface area (Å²) in [4.78, 5) is 14.5. The molecule has 0 aromatic heterocycles. The fourth-order valence-corrected chi connectivity index (χ4v) is 6.71. The van der Waals surface area contributed by atoms with Gasteiger partial charge in [0.05, 0.1) is 29.8 Å². The predicted molar refractivity (Wildman–Crippen MR) is 165 cm³/mol. The molecule has 0 saturated carbocycles. The predicted octanol–water partition coefficient (Wildman–Crippen LogP) is 11.3. The van der Waals surface area contributed by atoms with Crippen LogP contribution in [-0.2, 0) is 23.3 Å². The van der Waals surface area contributed by atoms with Crippen molar-refractivity contribution < 1.29 is 53.8 Å². The van der Waals surface area contributed by atoms with Crippen molar-refractivity contribution in [2.24, 2.45) is 5.41 Å². The van der Waals surface area contributed by atoms with Gasteiger partial charge in [0, 0.05) is 12.1 Å². The molecule has 1 heterocycles. The van der Waals surface area contributed by atoms with Crippen LogP contribution in [0.3, 0.4) is 0 Å². The molecule has 0 bridgehead atoms. The van der Waals surface area contributed by atoms with Gasteiger partial charge in [-0.1, -0.05) is 38.1 Å². The lowest BCUT2D eigenvalue weighted by molar-refractivity contribution is -0.143. The normalized spacial score (nSPS) is 20.1. The van der Waals surface area contributed by atoms with Crippen molar-refractivity contribution in [2.75, 3.05) is 13.7 Å². The average molecular weight is 700 g/mol. The minimum atomic E-state index is -5.09. The molecule has 1 aliphatic heterocycles. The first kappa shape index (κ1) is 36.1. The Kier molecular flexibility index (Phi) is 9.31. The number of amides is 1. The number of aryl methyl sites for hydroxylation is 1. The Balaban J connectivity index is 1.61. The third kappa shape index (κ3) is 7.40. The molecule has 4 nitrogen and oxygen atoms in total. The lowest BCUT2D eigenvalue weighted by atomic mass is 9.72. The molecule has 1 amide bonds. The Labute approximate surface area is 277 Å². The van der Waals surface area contributed by atoms with Crippen molar-refractivity contribution in [3.8, 4) is 16.9 Å². The van der Waals surface area contributed by atoms with Gasteiger partial charge in [0.1, 0.15) is 11.9 Å². The number of hydrogen-bond acceptors (Lipinski definition) is 3. The third-order valence-electron chi connectivity index (χ3n) is 9.27. The third-order valence-corrected chi connectivity index (χ3v) is 9.27. The summed E-state index contributed by atoms with van der Waals surface area (Å²) in [6, 6.07) is 9.14. The summed E-state index contributed by atoms with van der Waals surface area (Å²) in [5.74, 6) is -0.0320. The van der Waals surface area contributed by atoms with Gasteiger partial charge in [-0.3, -0.25) is 4.90 Å². The van der Waals surface area contributed by atoms with E-state index in [1.165, 1.54) is 25.0 Å². The Morgan fingerprint density at radius 2 is 1.47 bits per heavy atom. The largest absolute Gasteiger partial charge is 0.496 e. The molecule has 2 atom stereocenters. The maximum absolute atomic E-state index is 14.4. The molecule has 0 N–H and O–H groups in total. The van der Waals surface area contributed by atoms with E-state index < -0.39 is 59.0 Å². The summed E-state index contributed by atoms with van der Waals surface area (Å²) in [5.41, 5.74) is -2.09. The summed E-state index contributed by atoms with van der Waals surface area (Å²) in [6.07, 6.45) is -15.9. The Hall–Kier alpha value is -4.16. The number of ether oxygens (including phenoxy) is 2. The number of carbonyl (C=O) groups is 1. The quantitative estimate of drug-likeness (QED) is 0.241. The molecular formula is C36H34F9NO3. The second kappa shape index (κ2) is 12.6. The molecule has 5 rings (SSSR count). The second-order valence-electron chi connectivity index (χ2n) is 13.3. The molecule has 264 valence electrons. The van der Waals surface area contributed by atoms with Crippen LogP contribution in [0.15, 0.2) is 60.2 Å². The lowest BCUT2D eigenvalue weighted by Gasteiger charge is -2.36. The fraction of sp³-hybridized carbons (Fsp3) is 0.417. The molecule has 3 aromatic rings. The topological polar surface area (TPSA) is 38.8 Å². The molecule has 3 aromatic carbocycles. The van der Waals surface area contributed by atoms with Gasteiger partial charge in [-0.2, -0.15) is 39.5 Å². The van der Waals surface area contributed by atoms with E-state index >= 15 is 0 Å². The number of benzene rings is 3. The van der Waals surface area contributed by atoms with Crippen LogP contribution < -0.4 is 4.74 Å². The van der Waals surface area contributed by atoms with Crippen LogP contribution in [0.2, 0.25) is 0 Å². The minimum absolute atomic E-state index is 0.00650. The number of allylic oxidation sites excluding steroid dienone is 1. The SMILES string of the molecule is COc1cc(C(F)(F)F)c(-c2ccccc2C)cc1C1=C(CN2C(=O)O[C@H](c3cc(C(F)(F)F)cc(C(F)(F)F)c3)[C@@H]2C)CC(C)(C)CC1. The molecule has 49 heavy (non-hydrogen) atoms. The van der Waals surface area contributed by atoms with Crippen molar-refractivity contribution in [3.05, 3.63) is 93.6 Å². The van der Waals surface area contributed by atoms with Gasteiger partial charge in [-0.25, -0.2) is 4.79 Å². The number of nitrogens with zero attached hydrogens (tertiary/aromatic N) is 1. The summed E-state index contributed by atoms with van der Waals surface area (Å²) in [6.45, 7) is 7.02. The van der Waals surface area contributed by atoms with Crippen LogP contribution in [-0.4, -0.2) is 30.7 Å². The Bertz CT molecular complexity index is 1760. The molecule has 1 aliphatic carbocycles. The minimum Gasteiger partial charge on any atom is -0.496 e. The van der Waals surface area contributed by atoms with Gasteiger partial charge in [-0.05, 0) is 102 Å². The average Bonchev–Trinajstić information content (AvgIpc) is 3.27. The first-order valence-electron chi connectivity index (χ1n) is 15.4. The molecule has 2 aliphatic rings. The van der Waals surface area contributed by atoms with Gasteiger partial charge in [0.25, 0.3) is 0 Å². The van der Waals surface area contributed by atoms with E-state index in [2.05, 4.69) is 0 Å². The summed E-state index contributed by atoms with van der Waals surface area (Å²) in [5, 5.41) is 0. The number of methoxy groups -OCH3 is 1. The van der Waals surface area contributed by atoms with E-state index in [1.807, 2.05) is 13.8 Å². The highest BCUT2D eigenvalue weighted by Crippen LogP contribution is 2.49. The number of rotatable bonds is 6. The van der Waals surface area contributed by atoms with E-state index in [1.54, 1.807) is 31.2 Å². The van der Waals surface area contributed by atoms with Crippen molar-refractivity contribution in [1.29, 1.82) is 0 Å². The highest BCUT2D eigenvalue weighted by Gasteiger charge is 2.44. The maximum atomic E-state index is 14.4. The van der Waals surface area contributed by atoms with Crippen LogP contribution in [0.25, 0.3) is 16.7 Å². The summed E-state index contributed by atoms with van der Waals surface area (Å²) >= 11 is 0. The number of halogens is 9. The summed E-state index contributed by atoms with van der Waals surface area (Å²) < 4.78 is 136. The van der Waals surface area contributed by atoms with Crippen LogP contribution in [0.5, 0.6) is 5.75 Å². The van der Waals surface area contributed by atoms with Gasteiger partial charge in [0.15, 0.2) is 0 Å². The van der Waals surface area contributed by atoms with Gasteiger partial charge in [-0.15, -0.1) is 0 Å². The van der Waals surface area contributed by atoms with E-state index in [0.29, 0.717) is 59.2 Å². The number of carbonyl (C=O) groups excluding carboxylic acids is 1. The standard InChI is InChI=1S/C36H34F9NO3/c1-19-8-6-7-9-25(19)27-15-28(30(48-5)16-29(27)36(43,44)45)26-10-11-33(3,4)17-22(26)18-46-20(2)31(49-32(46)47)21-12-23(34(37,38)39)14-24(13-21)35(40,41)42/h6-9,12-16,20,31H,10-11,17-18H2,1-5H3/t20-,31-/m0/s1. The van der Waals surface area contributed by atoms with Crippen LogP contribution in [0, 0.1) is 12.3 Å². The van der Waals surface area contributed by atoms with Crippen molar-refractivity contribution >= 4 is 11.7 Å². The second-order valence-corrected chi connectivity index (χ2v) is 13.3. The van der Waals surface area contributed by atoms with Gasteiger partial charge >= 0.3 is 24.6 Å². The van der Waals surface area contributed by atoms with E-state index in [4.69, 9.17) is 9.47 Å². The van der Waals surface area contributed by atoms with Gasteiger partial charge < -0.3 is 9.47 Å². The first-order chi connectivity index (χ1) is 22.6. The van der Waals surface area contributed by atoms with Crippen LogP contribution in [0.4, 0.5) is 44.3 Å². The van der Waals surface area contributed by atoms with E-state index in [-0.39, 0.29) is 29.3 Å². The molecular weight excluding hydrogens is 665 g/mol. The zero-order valence-corrected chi connectivity index (χ0v) is 27.3. The van der Waals surface area contributed by atoms with Crippen LogP contribution >= 0.6 is 0 Å².